The Hall–Kier alpha value is -2.00. The topological polar surface area (TPSA) is 44.5 Å². The zero-order chi connectivity index (χ0) is 16.1. The predicted molar refractivity (Wildman–Crippen MR) is 90.7 cm³/mol. The Kier molecular flexibility index (Phi) is 5.45. The molecule has 2 N–H and O–H groups in total. The zero-order valence-corrected chi connectivity index (χ0v) is 13.8. The van der Waals surface area contributed by atoms with Gasteiger partial charge in [0.2, 0.25) is 0 Å². The van der Waals surface area contributed by atoms with E-state index in [1.165, 1.54) is 11.1 Å². The van der Waals surface area contributed by atoms with Gasteiger partial charge in [-0.2, -0.15) is 0 Å². The lowest BCUT2D eigenvalue weighted by Crippen LogP contribution is -2.13. The van der Waals surface area contributed by atoms with E-state index in [1.54, 1.807) is 0 Å². The molecule has 1 unspecified atom stereocenters. The van der Waals surface area contributed by atoms with E-state index >= 15 is 0 Å². The Labute approximate surface area is 133 Å². The summed E-state index contributed by atoms with van der Waals surface area (Å²) in [6.07, 6.45) is 0. The predicted octanol–water partition coefficient (Wildman–Crippen LogP) is 4.15. The summed E-state index contributed by atoms with van der Waals surface area (Å²) in [4.78, 5) is 0. The number of aryl methyl sites for hydroxylation is 2. The molecule has 0 aliphatic carbocycles. The van der Waals surface area contributed by atoms with Crippen LogP contribution in [0.3, 0.4) is 0 Å². The molecule has 0 aliphatic rings. The van der Waals surface area contributed by atoms with Crippen LogP contribution in [-0.2, 0) is 0 Å². The average molecular weight is 299 g/mol. The lowest BCUT2D eigenvalue weighted by molar-refractivity contribution is 0.287. The summed E-state index contributed by atoms with van der Waals surface area (Å²) in [6, 6.07) is 12.2. The van der Waals surface area contributed by atoms with Gasteiger partial charge in [-0.15, -0.1) is 0 Å². The molecule has 2 aromatic carbocycles. The van der Waals surface area contributed by atoms with Crippen molar-refractivity contribution in [2.24, 2.45) is 5.73 Å². The number of benzene rings is 2. The maximum Gasteiger partial charge on any atom is 0.161 e. The van der Waals surface area contributed by atoms with Gasteiger partial charge >= 0.3 is 0 Å². The highest BCUT2D eigenvalue weighted by atomic mass is 16.5. The summed E-state index contributed by atoms with van der Waals surface area (Å²) >= 11 is 0. The highest BCUT2D eigenvalue weighted by molar-refractivity contribution is 5.46. The van der Waals surface area contributed by atoms with E-state index in [9.17, 15) is 0 Å². The SMILES string of the molecule is CCOc1ccc(C(N)c2cc(C)cc(C)c2)cc1OCC. The van der Waals surface area contributed by atoms with Crippen LogP contribution in [0.25, 0.3) is 0 Å². The van der Waals surface area contributed by atoms with E-state index in [4.69, 9.17) is 15.2 Å². The zero-order valence-electron chi connectivity index (χ0n) is 13.8. The van der Waals surface area contributed by atoms with Crippen molar-refractivity contribution in [2.45, 2.75) is 33.7 Å². The van der Waals surface area contributed by atoms with Gasteiger partial charge in [0, 0.05) is 0 Å². The Bertz CT molecular complexity index is 617. The molecular weight excluding hydrogens is 274 g/mol. The van der Waals surface area contributed by atoms with Gasteiger partial charge in [-0.05, 0) is 51.0 Å². The van der Waals surface area contributed by atoms with Gasteiger partial charge in [-0.1, -0.05) is 35.4 Å². The molecule has 2 aromatic rings. The minimum absolute atomic E-state index is 0.173. The van der Waals surface area contributed by atoms with Gasteiger partial charge in [0.15, 0.2) is 11.5 Å². The van der Waals surface area contributed by atoms with Gasteiger partial charge in [0.1, 0.15) is 0 Å². The first-order valence-electron chi connectivity index (χ1n) is 7.78. The first kappa shape index (κ1) is 16.4. The van der Waals surface area contributed by atoms with E-state index in [0.717, 1.165) is 22.6 Å². The van der Waals surface area contributed by atoms with Crippen molar-refractivity contribution in [1.82, 2.24) is 0 Å². The Morgan fingerprint density at radius 2 is 1.41 bits per heavy atom. The molecule has 2 rings (SSSR count). The molecule has 118 valence electrons. The van der Waals surface area contributed by atoms with Gasteiger partial charge in [0.25, 0.3) is 0 Å². The number of nitrogens with two attached hydrogens (primary N) is 1. The molecular formula is C19H25NO2. The molecule has 0 amide bonds. The van der Waals surface area contributed by atoms with Crippen LogP contribution in [0, 0.1) is 13.8 Å². The van der Waals surface area contributed by atoms with E-state index in [2.05, 4.69) is 32.0 Å². The highest BCUT2D eigenvalue weighted by Crippen LogP contribution is 2.32. The summed E-state index contributed by atoms with van der Waals surface area (Å²) in [6.45, 7) is 9.32. The van der Waals surface area contributed by atoms with E-state index in [0.29, 0.717) is 13.2 Å². The third kappa shape index (κ3) is 3.80. The van der Waals surface area contributed by atoms with E-state index < -0.39 is 0 Å². The van der Waals surface area contributed by atoms with E-state index in [1.807, 2.05) is 32.0 Å². The molecule has 3 nitrogen and oxygen atoms in total. The summed E-state index contributed by atoms with van der Waals surface area (Å²) in [5.41, 5.74) is 11.0. The quantitative estimate of drug-likeness (QED) is 0.871. The number of hydrogen-bond donors (Lipinski definition) is 1. The lowest BCUT2D eigenvalue weighted by atomic mass is 9.96. The second-order valence-corrected chi connectivity index (χ2v) is 5.47. The summed E-state index contributed by atoms with van der Waals surface area (Å²) in [5.74, 6) is 1.52. The van der Waals surface area contributed by atoms with E-state index in [-0.39, 0.29) is 6.04 Å². The average Bonchev–Trinajstić information content (AvgIpc) is 2.48. The monoisotopic (exact) mass is 299 g/mol. The van der Waals surface area contributed by atoms with Gasteiger partial charge in [-0.25, -0.2) is 0 Å². The Balaban J connectivity index is 2.36. The van der Waals surface area contributed by atoms with Crippen molar-refractivity contribution in [3.63, 3.8) is 0 Å². The smallest absolute Gasteiger partial charge is 0.161 e. The molecule has 0 saturated carbocycles. The fourth-order valence-corrected chi connectivity index (χ4v) is 2.64. The van der Waals surface area contributed by atoms with Crippen LogP contribution in [-0.4, -0.2) is 13.2 Å². The molecule has 0 spiro atoms. The molecule has 3 heteroatoms. The van der Waals surface area contributed by atoms with Gasteiger partial charge in [-0.3, -0.25) is 0 Å². The fourth-order valence-electron chi connectivity index (χ4n) is 2.64. The molecule has 1 atom stereocenters. The molecule has 0 radical (unpaired) electrons. The maximum absolute atomic E-state index is 6.45. The highest BCUT2D eigenvalue weighted by Gasteiger charge is 2.13. The molecule has 0 fully saturated rings. The van der Waals surface area contributed by atoms with Crippen molar-refractivity contribution in [3.8, 4) is 11.5 Å². The first-order valence-corrected chi connectivity index (χ1v) is 7.78. The van der Waals surface area contributed by atoms with Crippen LogP contribution >= 0.6 is 0 Å². The number of rotatable bonds is 6. The maximum atomic E-state index is 6.45. The van der Waals surface area contributed by atoms with Crippen LogP contribution in [0.5, 0.6) is 11.5 Å². The standard InChI is InChI=1S/C19H25NO2/c1-5-21-17-8-7-15(12-18(17)22-6-2)19(20)16-10-13(3)9-14(4)11-16/h7-12,19H,5-6,20H2,1-4H3. The third-order valence-corrected chi connectivity index (χ3v) is 3.53. The number of hydrogen-bond acceptors (Lipinski definition) is 3. The van der Waals surface area contributed by atoms with Gasteiger partial charge < -0.3 is 15.2 Å². The first-order chi connectivity index (χ1) is 10.5. The van der Waals surface area contributed by atoms with Gasteiger partial charge in [0.05, 0.1) is 19.3 Å². The molecule has 0 aliphatic heterocycles. The van der Waals surface area contributed by atoms with Crippen molar-refractivity contribution in [2.75, 3.05) is 13.2 Å². The summed E-state index contributed by atoms with van der Waals surface area (Å²) in [7, 11) is 0. The minimum Gasteiger partial charge on any atom is -0.490 e. The van der Waals surface area contributed by atoms with Crippen LogP contribution in [0.4, 0.5) is 0 Å². The second-order valence-electron chi connectivity index (χ2n) is 5.47. The fraction of sp³-hybridized carbons (Fsp3) is 0.368. The summed E-state index contributed by atoms with van der Waals surface area (Å²) < 4.78 is 11.3. The van der Waals surface area contributed by atoms with Crippen LogP contribution in [0.15, 0.2) is 36.4 Å². The molecule has 0 saturated heterocycles. The van der Waals surface area contributed by atoms with Crippen LogP contribution < -0.4 is 15.2 Å². The molecule has 0 aromatic heterocycles. The normalized spacial score (nSPS) is 12.0. The van der Waals surface area contributed by atoms with Crippen molar-refractivity contribution < 1.29 is 9.47 Å². The largest absolute Gasteiger partial charge is 0.490 e. The van der Waals surface area contributed by atoms with Crippen molar-refractivity contribution in [1.29, 1.82) is 0 Å². The Morgan fingerprint density at radius 3 is 2.00 bits per heavy atom. The van der Waals surface area contributed by atoms with Crippen LogP contribution in [0.2, 0.25) is 0 Å². The minimum atomic E-state index is -0.173. The van der Waals surface area contributed by atoms with Crippen molar-refractivity contribution >= 4 is 0 Å². The van der Waals surface area contributed by atoms with Crippen LogP contribution in [0.1, 0.15) is 42.1 Å². The second kappa shape index (κ2) is 7.32. The van der Waals surface area contributed by atoms with Crippen molar-refractivity contribution in [3.05, 3.63) is 58.7 Å². The molecule has 0 bridgehead atoms. The lowest BCUT2D eigenvalue weighted by Gasteiger charge is -2.17. The molecule has 0 heterocycles. The Morgan fingerprint density at radius 1 is 0.818 bits per heavy atom. The third-order valence-electron chi connectivity index (χ3n) is 3.53. The number of ether oxygens (including phenoxy) is 2. The summed E-state index contributed by atoms with van der Waals surface area (Å²) in [5, 5.41) is 0. The molecule has 22 heavy (non-hydrogen) atoms.